The molecule has 3 N–H and O–H groups in total. The van der Waals surface area contributed by atoms with Crippen molar-refractivity contribution in [1.82, 2.24) is 9.88 Å². The first-order chi connectivity index (χ1) is 17.9. The first kappa shape index (κ1) is 24.0. The number of aromatic nitrogens is 1. The van der Waals surface area contributed by atoms with Crippen LogP contribution in [0.5, 0.6) is 17.2 Å². The number of carbonyl (C=O) groups excluding carboxylic acids is 2. The number of carbonyl (C=O) groups is 2. The number of Topliss-reactive ketones (excluding diaryl/α,β-unsaturated/α-hetero) is 1. The summed E-state index contributed by atoms with van der Waals surface area (Å²) in [4.78, 5) is 31.2. The fourth-order valence-electron chi connectivity index (χ4n) is 4.81. The Morgan fingerprint density at radius 2 is 1.73 bits per heavy atom. The summed E-state index contributed by atoms with van der Waals surface area (Å²) in [5.74, 6) is -0.587. The molecule has 1 amide bonds. The number of hydrogen-bond acceptors (Lipinski definition) is 6. The molecule has 0 bridgehead atoms. The van der Waals surface area contributed by atoms with Crippen molar-refractivity contribution in [2.75, 3.05) is 20.8 Å². The molecule has 3 aromatic carbocycles. The van der Waals surface area contributed by atoms with E-state index in [2.05, 4.69) is 4.98 Å². The molecule has 0 aliphatic carbocycles. The maximum atomic E-state index is 13.3. The van der Waals surface area contributed by atoms with Gasteiger partial charge in [0.05, 0.1) is 25.8 Å². The summed E-state index contributed by atoms with van der Waals surface area (Å²) in [6.07, 6.45) is 2.33. The molecule has 1 aliphatic rings. The van der Waals surface area contributed by atoms with Crippen LogP contribution in [0.4, 0.5) is 0 Å². The van der Waals surface area contributed by atoms with Gasteiger partial charge < -0.3 is 29.6 Å². The number of ketones is 1. The van der Waals surface area contributed by atoms with E-state index in [0.717, 1.165) is 16.5 Å². The molecule has 37 heavy (non-hydrogen) atoms. The summed E-state index contributed by atoms with van der Waals surface area (Å²) in [6, 6.07) is 17.9. The van der Waals surface area contributed by atoms with Gasteiger partial charge in [0.1, 0.15) is 23.0 Å². The molecule has 0 radical (unpaired) electrons. The van der Waals surface area contributed by atoms with Crippen molar-refractivity contribution in [2.45, 2.75) is 12.5 Å². The number of phenols is 1. The molecule has 8 heteroatoms. The summed E-state index contributed by atoms with van der Waals surface area (Å²) < 4.78 is 10.6. The molecule has 188 valence electrons. The van der Waals surface area contributed by atoms with Gasteiger partial charge in [0, 0.05) is 29.2 Å². The Morgan fingerprint density at radius 3 is 2.49 bits per heavy atom. The Labute approximate surface area is 213 Å². The lowest BCUT2D eigenvalue weighted by Crippen LogP contribution is -2.31. The van der Waals surface area contributed by atoms with E-state index in [1.807, 2.05) is 24.4 Å². The molecule has 1 aliphatic heterocycles. The normalized spacial score (nSPS) is 16.9. The lowest BCUT2D eigenvalue weighted by Gasteiger charge is -2.25. The van der Waals surface area contributed by atoms with Crippen LogP contribution < -0.4 is 9.47 Å². The Balaban J connectivity index is 1.56. The van der Waals surface area contributed by atoms with Crippen molar-refractivity contribution in [2.24, 2.45) is 0 Å². The van der Waals surface area contributed by atoms with Crippen LogP contribution >= 0.6 is 0 Å². The number of nitrogens with one attached hydrogen (secondary N) is 1. The number of ether oxygens (including phenoxy) is 2. The molecule has 1 atom stereocenters. The van der Waals surface area contributed by atoms with Gasteiger partial charge >= 0.3 is 0 Å². The highest BCUT2D eigenvalue weighted by molar-refractivity contribution is 6.46. The quantitative estimate of drug-likeness (QED) is 0.196. The molecular formula is C29H26N2O6. The van der Waals surface area contributed by atoms with Crippen molar-refractivity contribution < 1.29 is 29.3 Å². The highest BCUT2D eigenvalue weighted by atomic mass is 16.5. The summed E-state index contributed by atoms with van der Waals surface area (Å²) >= 11 is 0. The molecule has 0 spiro atoms. The molecule has 0 saturated carbocycles. The minimum absolute atomic E-state index is 0.00630. The SMILES string of the molecule is COc1cccc(/C(O)=C2/C(=O)C(=O)N(CCc3c[nH]c4ccc(OC)cc34)C2c2cccc(O)c2)c1. The number of likely N-dealkylation sites (tertiary alicyclic amines) is 1. The summed E-state index contributed by atoms with van der Waals surface area (Å²) in [5, 5.41) is 22.4. The van der Waals surface area contributed by atoms with Gasteiger partial charge in [-0.05, 0) is 60.0 Å². The van der Waals surface area contributed by atoms with E-state index in [0.29, 0.717) is 29.0 Å². The number of rotatable bonds is 7. The second-order valence-corrected chi connectivity index (χ2v) is 8.79. The van der Waals surface area contributed by atoms with Crippen molar-refractivity contribution >= 4 is 28.4 Å². The maximum Gasteiger partial charge on any atom is 0.295 e. The number of aromatic hydroxyl groups is 1. The van der Waals surface area contributed by atoms with Crippen LogP contribution in [-0.2, 0) is 16.0 Å². The lowest BCUT2D eigenvalue weighted by atomic mass is 9.95. The largest absolute Gasteiger partial charge is 0.508 e. The fraction of sp³-hybridized carbons (Fsp3) is 0.172. The monoisotopic (exact) mass is 498 g/mol. The first-order valence-corrected chi connectivity index (χ1v) is 11.8. The lowest BCUT2D eigenvalue weighted by molar-refractivity contribution is -0.139. The molecule has 1 aromatic heterocycles. The second-order valence-electron chi connectivity index (χ2n) is 8.79. The van der Waals surface area contributed by atoms with Gasteiger partial charge in [-0.15, -0.1) is 0 Å². The van der Waals surface area contributed by atoms with Crippen molar-refractivity contribution in [3.63, 3.8) is 0 Å². The molecule has 4 aromatic rings. The predicted molar refractivity (Wildman–Crippen MR) is 139 cm³/mol. The third-order valence-electron chi connectivity index (χ3n) is 6.67. The number of aliphatic hydroxyl groups is 1. The van der Waals surface area contributed by atoms with Crippen LogP contribution in [0, 0.1) is 0 Å². The summed E-state index contributed by atoms with van der Waals surface area (Å²) in [5.41, 5.74) is 2.72. The minimum atomic E-state index is -0.877. The van der Waals surface area contributed by atoms with Crippen molar-refractivity contribution in [3.8, 4) is 17.2 Å². The highest BCUT2D eigenvalue weighted by Crippen LogP contribution is 2.40. The number of hydrogen-bond donors (Lipinski definition) is 3. The Kier molecular flexibility index (Phi) is 6.31. The van der Waals surface area contributed by atoms with Gasteiger partial charge in [0.15, 0.2) is 0 Å². The molecule has 8 nitrogen and oxygen atoms in total. The topological polar surface area (TPSA) is 112 Å². The molecule has 2 heterocycles. The highest BCUT2D eigenvalue weighted by Gasteiger charge is 2.46. The van der Waals surface area contributed by atoms with Crippen LogP contribution in [0.3, 0.4) is 0 Å². The summed E-state index contributed by atoms with van der Waals surface area (Å²) in [7, 11) is 3.11. The number of amides is 1. The molecule has 1 saturated heterocycles. The number of aromatic amines is 1. The zero-order valence-electron chi connectivity index (χ0n) is 20.4. The van der Waals surface area contributed by atoms with Gasteiger partial charge in [0.2, 0.25) is 0 Å². The smallest absolute Gasteiger partial charge is 0.295 e. The van der Waals surface area contributed by atoms with Crippen molar-refractivity contribution in [1.29, 1.82) is 0 Å². The molecule has 5 rings (SSSR count). The van der Waals surface area contributed by atoms with Gasteiger partial charge in [0.25, 0.3) is 11.7 Å². The molecular weight excluding hydrogens is 472 g/mol. The summed E-state index contributed by atoms with van der Waals surface area (Å²) in [6.45, 7) is 0.212. The van der Waals surface area contributed by atoms with E-state index < -0.39 is 17.7 Å². The average molecular weight is 499 g/mol. The number of phenolic OH excluding ortho intramolecular Hbond substituents is 1. The van der Waals surface area contributed by atoms with Gasteiger partial charge in [-0.1, -0.05) is 24.3 Å². The zero-order valence-corrected chi connectivity index (χ0v) is 20.4. The van der Waals surface area contributed by atoms with E-state index in [1.54, 1.807) is 43.5 Å². The van der Waals surface area contributed by atoms with Crippen LogP contribution in [0.1, 0.15) is 22.7 Å². The average Bonchev–Trinajstić information content (AvgIpc) is 3.44. The number of H-pyrrole nitrogens is 1. The number of aliphatic hydroxyl groups excluding tert-OH is 1. The van der Waals surface area contributed by atoms with E-state index in [1.165, 1.54) is 24.1 Å². The van der Waals surface area contributed by atoms with Crippen molar-refractivity contribution in [3.05, 3.63) is 95.2 Å². The van der Waals surface area contributed by atoms with E-state index in [4.69, 9.17) is 9.47 Å². The Bertz CT molecular complexity index is 1540. The van der Waals surface area contributed by atoms with Gasteiger partial charge in [-0.2, -0.15) is 0 Å². The van der Waals surface area contributed by atoms with Crippen LogP contribution in [-0.4, -0.2) is 52.6 Å². The number of nitrogens with zero attached hydrogens (tertiary/aromatic N) is 1. The number of benzene rings is 3. The van der Waals surface area contributed by atoms with E-state index in [-0.39, 0.29) is 23.6 Å². The maximum absolute atomic E-state index is 13.3. The Hall–Kier alpha value is -4.72. The standard InChI is InChI=1S/C29H26N2O6/c1-36-21-8-4-6-18(14-21)27(33)25-26(17-5-3-7-20(32)13-17)31(29(35)28(25)34)12-11-19-16-30-24-10-9-22(37-2)15-23(19)24/h3-10,13-16,26,30,32-33H,11-12H2,1-2H3/b27-25-. The molecule has 1 fully saturated rings. The van der Waals surface area contributed by atoms with Crippen LogP contribution in [0.15, 0.2) is 78.5 Å². The third-order valence-corrected chi connectivity index (χ3v) is 6.67. The number of methoxy groups -OCH3 is 2. The first-order valence-electron chi connectivity index (χ1n) is 11.8. The number of fused-ring (bicyclic) bond motifs is 1. The van der Waals surface area contributed by atoms with Gasteiger partial charge in [-0.3, -0.25) is 9.59 Å². The minimum Gasteiger partial charge on any atom is -0.508 e. The van der Waals surface area contributed by atoms with Crippen LogP contribution in [0.2, 0.25) is 0 Å². The third kappa shape index (κ3) is 4.38. The van der Waals surface area contributed by atoms with E-state index >= 15 is 0 Å². The van der Waals surface area contributed by atoms with E-state index in [9.17, 15) is 19.8 Å². The second kappa shape index (κ2) is 9.73. The van der Waals surface area contributed by atoms with Crippen LogP contribution in [0.25, 0.3) is 16.7 Å². The van der Waals surface area contributed by atoms with Gasteiger partial charge in [-0.25, -0.2) is 0 Å². The zero-order chi connectivity index (χ0) is 26.1. The predicted octanol–water partition coefficient (Wildman–Crippen LogP) is 4.56. The Morgan fingerprint density at radius 1 is 0.973 bits per heavy atom. The fourth-order valence-corrected chi connectivity index (χ4v) is 4.81. The molecule has 1 unspecified atom stereocenters.